The molecule has 4 aromatic rings. The highest BCUT2D eigenvalue weighted by molar-refractivity contribution is 7.99. The van der Waals surface area contributed by atoms with Crippen LogP contribution in [0.25, 0.3) is 22.5 Å². The normalized spacial score (nSPS) is 10.6. The number of hydrogen-bond acceptors (Lipinski definition) is 5. The van der Waals surface area contributed by atoms with Crippen LogP contribution in [0.2, 0.25) is 0 Å². The molecule has 0 unspecified atom stereocenters. The van der Waals surface area contributed by atoms with E-state index >= 15 is 0 Å². The first kappa shape index (κ1) is 21.6. The molecule has 0 saturated carbocycles. The third-order valence-electron chi connectivity index (χ3n) is 4.88. The van der Waals surface area contributed by atoms with Crippen molar-refractivity contribution >= 4 is 23.4 Å². The van der Waals surface area contributed by atoms with E-state index < -0.39 is 0 Å². The molecule has 0 bridgehead atoms. The zero-order valence-corrected chi connectivity index (χ0v) is 18.7. The standard InChI is InChI=1S/C26H23N3O2S/c1-18-15-21(31-2)13-14-22(18)27-25(30)17-32-26-28-23(19-9-5-3-6-10-19)16-24(29-26)20-11-7-4-8-12-20/h3-16H,17H2,1-2H3,(H,27,30). The second-order valence-corrected chi connectivity index (χ2v) is 8.11. The monoisotopic (exact) mass is 441 g/mol. The molecule has 0 atom stereocenters. The average Bonchev–Trinajstić information content (AvgIpc) is 2.85. The van der Waals surface area contributed by atoms with Gasteiger partial charge < -0.3 is 10.1 Å². The number of carbonyl (C=O) groups is 1. The number of amides is 1. The molecule has 5 nitrogen and oxygen atoms in total. The number of methoxy groups -OCH3 is 1. The summed E-state index contributed by atoms with van der Waals surface area (Å²) in [6.45, 7) is 1.93. The van der Waals surface area contributed by atoms with Crippen molar-refractivity contribution in [1.29, 1.82) is 0 Å². The van der Waals surface area contributed by atoms with Gasteiger partial charge in [-0.25, -0.2) is 9.97 Å². The Hall–Kier alpha value is -3.64. The van der Waals surface area contributed by atoms with E-state index in [9.17, 15) is 4.79 Å². The second-order valence-electron chi connectivity index (χ2n) is 7.17. The Balaban J connectivity index is 1.54. The predicted octanol–water partition coefficient (Wildman–Crippen LogP) is 5.86. The molecule has 1 N–H and O–H groups in total. The van der Waals surface area contributed by atoms with E-state index in [0.717, 1.165) is 39.5 Å². The van der Waals surface area contributed by atoms with Crippen molar-refractivity contribution in [3.63, 3.8) is 0 Å². The zero-order chi connectivity index (χ0) is 22.3. The molecule has 3 aromatic carbocycles. The quantitative estimate of drug-likeness (QED) is 0.287. The summed E-state index contributed by atoms with van der Waals surface area (Å²) in [4.78, 5) is 22.0. The molecule has 0 radical (unpaired) electrons. The van der Waals surface area contributed by atoms with E-state index in [1.165, 1.54) is 11.8 Å². The SMILES string of the molecule is COc1ccc(NC(=O)CSc2nc(-c3ccccc3)cc(-c3ccccc3)n2)c(C)c1. The van der Waals surface area contributed by atoms with Crippen LogP contribution in [-0.4, -0.2) is 28.7 Å². The highest BCUT2D eigenvalue weighted by atomic mass is 32.2. The van der Waals surface area contributed by atoms with Crippen molar-refractivity contribution in [2.75, 3.05) is 18.2 Å². The van der Waals surface area contributed by atoms with Crippen LogP contribution in [0.4, 0.5) is 5.69 Å². The van der Waals surface area contributed by atoms with Gasteiger partial charge in [0.2, 0.25) is 5.91 Å². The van der Waals surface area contributed by atoms with Gasteiger partial charge in [-0.05, 0) is 36.8 Å². The third-order valence-corrected chi connectivity index (χ3v) is 5.73. The van der Waals surface area contributed by atoms with Crippen molar-refractivity contribution in [2.24, 2.45) is 0 Å². The Labute approximate surface area is 191 Å². The molecule has 4 rings (SSSR count). The Morgan fingerprint density at radius 2 is 1.47 bits per heavy atom. The number of benzene rings is 3. The van der Waals surface area contributed by atoms with E-state index in [1.54, 1.807) is 7.11 Å². The minimum atomic E-state index is -0.113. The Kier molecular flexibility index (Phi) is 6.82. The molecule has 160 valence electrons. The summed E-state index contributed by atoms with van der Waals surface area (Å²) in [6, 6.07) is 27.5. The minimum absolute atomic E-state index is 0.113. The molecule has 0 aliphatic heterocycles. The van der Waals surface area contributed by atoms with Gasteiger partial charge in [0.25, 0.3) is 0 Å². The van der Waals surface area contributed by atoms with E-state index in [0.29, 0.717) is 5.16 Å². The fourth-order valence-electron chi connectivity index (χ4n) is 3.22. The highest BCUT2D eigenvalue weighted by Crippen LogP contribution is 2.27. The number of hydrogen-bond donors (Lipinski definition) is 1. The summed E-state index contributed by atoms with van der Waals surface area (Å²) in [7, 11) is 1.62. The maximum Gasteiger partial charge on any atom is 0.234 e. The second kappa shape index (κ2) is 10.1. The molecule has 32 heavy (non-hydrogen) atoms. The summed E-state index contributed by atoms with van der Waals surface area (Å²) >= 11 is 1.32. The first-order valence-electron chi connectivity index (χ1n) is 10.2. The number of aryl methyl sites for hydroxylation is 1. The number of thioether (sulfide) groups is 1. The van der Waals surface area contributed by atoms with Crippen LogP contribution in [0.15, 0.2) is 90.1 Å². The number of nitrogens with zero attached hydrogens (tertiary/aromatic N) is 2. The van der Waals surface area contributed by atoms with E-state index in [1.807, 2.05) is 91.9 Å². The van der Waals surface area contributed by atoms with Crippen molar-refractivity contribution < 1.29 is 9.53 Å². The predicted molar refractivity (Wildman–Crippen MR) is 130 cm³/mol. The number of aromatic nitrogens is 2. The molecule has 1 aromatic heterocycles. The Bertz CT molecular complexity index is 1160. The van der Waals surface area contributed by atoms with Gasteiger partial charge >= 0.3 is 0 Å². The number of rotatable bonds is 7. The summed E-state index contributed by atoms with van der Waals surface area (Å²) in [5, 5.41) is 3.52. The van der Waals surface area contributed by atoms with Crippen LogP contribution < -0.4 is 10.1 Å². The van der Waals surface area contributed by atoms with Crippen LogP contribution in [0.1, 0.15) is 5.56 Å². The Morgan fingerprint density at radius 1 is 0.875 bits per heavy atom. The Morgan fingerprint density at radius 3 is 2.00 bits per heavy atom. The molecule has 0 aliphatic rings. The van der Waals surface area contributed by atoms with Gasteiger partial charge in [-0.2, -0.15) is 0 Å². The van der Waals surface area contributed by atoms with E-state index in [4.69, 9.17) is 14.7 Å². The lowest BCUT2D eigenvalue weighted by Gasteiger charge is -2.11. The lowest BCUT2D eigenvalue weighted by Crippen LogP contribution is -2.15. The fourth-order valence-corrected chi connectivity index (χ4v) is 3.88. The molecule has 1 amide bonds. The lowest BCUT2D eigenvalue weighted by molar-refractivity contribution is -0.113. The average molecular weight is 442 g/mol. The van der Waals surface area contributed by atoms with Crippen LogP contribution in [0.5, 0.6) is 5.75 Å². The van der Waals surface area contributed by atoms with Crippen molar-refractivity contribution in [2.45, 2.75) is 12.1 Å². The van der Waals surface area contributed by atoms with Gasteiger partial charge in [0.1, 0.15) is 5.75 Å². The van der Waals surface area contributed by atoms with Gasteiger partial charge in [0.05, 0.1) is 24.3 Å². The first-order valence-corrected chi connectivity index (χ1v) is 11.2. The van der Waals surface area contributed by atoms with Crippen LogP contribution in [0.3, 0.4) is 0 Å². The molecular weight excluding hydrogens is 418 g/mol. The summed E-state index contributed by atoms with van der Waals surface area (Å²) in [5.41, 5.74) is 5.37. The van der Waals surface area contributed by atoms with E-state index in [-0.39, 0.29) is 11.7 Å². The van der Waals surface area contributed by atoms with Crippen molar-refractivity contribution in [1.82, 2.24) is 9.97 Å². The van der Waals surface area contributed by atoms with Crippen molar-refractivity contribution in [3.05, 3.63) is 90.5 Å². The van der Waals surface area contributed by atoms with Crippen LogP contribution in [0, 0.1) is 6.92 Å². The van der Waals surface area contributed by atoms with Gasteiger partial charge in [0.15, 0.2) is 5.16 Å². The molecule has 0 saturated heterocycles. The molecule has 0 fully saturated rings. The zero-order valence-electron chi connectivity index (χ0n) is 17.9. The number of anilines is 1. The fraction of sp³-hybridized carbons (Fsp3) is 0.115. The number of carbonyl (C=O) groups excluding carboxylic acids is 1. The van der Waals surface area contributed by atoms with Crippen LogP contribution in [-0.2, 0) is 4.79 Å². The maximum absolute atomic E-state index is 12.6. The first-order chi connectivity index (χ1) is 15.6. The molecule has 0 aliphatic carbocycles. The van der Waals surface area contributed by atoms with Gasteiger partial charge in [-0.15, -0.1) is 0 Å². The lowest BCUT2D eigenvalue weighted by atomic mass is 10.1. The largest absolute Gasteiger partial charge is 0.497 e. The molecule has 0 spiro atoms. The van der Waals surface area contributed by atoms with Gasteiger partial charge in [0, 0.05) is 16.8 Å². The highest BCUT2D eigenvalue weighted by Gasteiger charge is 2.12. The topological polar surface area (TPSA) is 64.1 Å². The smallest absolute Gasteiger partial charge is 0.234 e. The van der Waals surface area contributed by atoms with Gasteiger partial charge in [-0.3, -0.25) is 4.79 Å². The summed E-state index contributed by atoms with van der Waals surface area (Å²) in [6.07, 6.45) is 0. The number of ether oxygens (including phenoxy) is 1. The summed E-state index contributed by atoms with van der Waals surface area (Å²) < 4.78 is 5.22. The van der Waals surface area contributed by atoms with Crippen molar-refractivity contribution in [3.8, 4) is 28.3 Å². The third kappa shape index (κ3) is 5.34. The van der Waals surface area contributed by atoms with Gasteiger partial charge in [-0.1, -0.05) is 72.4 Å². The number of nitrogens with one attached hydrogen (secondary N) is 1. The molecular formula is C26H23N3O2S. The molecule has 1 heterocycles. The molecule has 6 heteroatoms. The van der Waals surface area contributed by atoms with E-state index in [2.05, 4.69) is 5.32 Å². The summed E-state index contributed by atoms with van der Waals surface area (Å²) in [5.74, 6) is 0.852. The van der Waals surface area contributed by atoms with Crippen LogP contribution >= 0.6 is 11.8 Å². The minimum Gasteiger partial charge on any atom is -0.497 e. The maximum atomic E-state index is 12.6.